The second-order valence-electron chi connectivity index (χ2n) is 5.64. The molecule has 2 saturated heterocycles. The Hall–Kier alpha value is -1.28. The van der Waals surface area contributed by atoms with Gasteiger partial charge in [0.15, 0.2) is 0 Å². The second kappa shape index (κ2) is 4.77. The molecule has 2 atom stereocenters. The number of nitrogens with zero attached hydrogens (tertiary/aromatic N) is 2. The summed E-state index contributed by atoms with van der Waals surface area (Å²) in [6.45, 7) is 8.59. The smallest absolute Gasteiger partial charge is 0.0824 e. The SMILES string of the molecule is C=C(C)CC1CCC2N(c3ccccc3)CCN12. The van der Waals surface area contributed by atoms with Crippen molar-refractivity contribution in [1.82, 2.24) is 4.90 Å². The van der Waals surface area contributed by atoms with Gasteiger partial charge in [-0.2, -0.15) is 0 Å². The van der Waals surface area contributed by atoms with E-state index >= 15 is 0 Å². The summed E-state index contributed by atoms with van der Waals surface area (Å²) < 4.78 is 0. The van der Waals surface area contributed by atoms with Crippen LogP contribution in [0.2, 0.25) is 0 Å². The van der Waals surface area contributed by atoms with E-state index in [1.54, 1.807) is 0 Å². The van der Waals surface area contributed by atoms with Crippen LogP contribution in [-0.4, -0.2) is 30.2 Å². The Morgan fingerprint density at radius 3 is 2.72 bits per heavy atom. The summed E-state index contributed by atoms with van der Waals surface area (Å²) in [4.78, 5) is 5.25. The van der Waals surface area contributed by atoms with Gasteiger partial charge in [0.05, 0.1) is 6.17 Å². The lowest BCUT2D eigenvalue weighted by atomic mass is 10.1. The molecule has 2 aliphatic rings. The minimum Gasteiger partial charge on any atom is -0.354 e. The molecule has 0 radical (unpaired) electrons. The number of rotatable bonds is 3. The van der Waals surface area contributed by atoms with E-state index in [2.05, 4.69) is 53.6 Å². The van der Waals surface area contributed by atoms with Gasteiger partial charge in [-0.1, -0.05) is 23.8 Å². The molecular weight excluding hydrogens is 220 g/mol. The average Bonchev–Trinajstić information content (AvgIpc) is 2.93. The zero-order valence-electron chi connectivity index (χ0n) is 11.2. The predicted octanol–water partition coefficient (Wildman–Crippen LogP) is 3.26. The average molecular weight is 242 g/mol. The van der Waals surface area contributed by atoms with Crippen LogP contribution in [0.3, 0.4) is 0 Å². The van der Waals surface area contributed by atoms with E-state index in [0.717, 1.165) is 6.04 Å². The highest BCUT2D eigenvalue weighted by atomic mass is 15.4. The van der Waals surface area contributed by atoms with Gasteiger partial charge in [0.25, 0.3) is 0 Å². The van der Waals surface area contributed by atoms with E-state index in [0.29, 0.717) is 6.17 Å². The standard InChI is InChI=1S/C16H22N2/c1-13(2)12-15-8-9-16-17(10-11-18(15)16)14-6-4-3-5-7-14/h3-7,15-16H,1,8-12H2,2H3. The first-order valence-corrected chi connectivity index (χ1v) is 6.97. The molecule has 2 fully saturated rings. The van der Waals surface area contributed by atoms with E-state index in [-0.39, 0.29) is 0 Å². The summed E-state index contributed by atoms with van der Waals surface area (Å²) in [7, 11) is 0. The summed E-state index contributed by atoms with van der Waals surface area (Å²) in [6.07, 6.45) is 4.41. The molecule has 0 spiro atoms. The molecule has 2 heteroatoms. The minimum atomic E-state index is 0.622. The summed E-state index contributed by atoms with van der Waals surface area (Å²) in [5, 5.41) is 0. The molecule has 0 aliphatic carbocycles. The van der Waals surface area contributed by atoms with Crippen molar-refractivity contribution in [2.75, 3.05) is 18.0 Å². The van der Waals surface area contributed by atoms with E-state index in [1.807, 2.05) is 0 Å². The molecule has 2 aliphatic heterocycles. The molecule has 0 aromatic heterocycles. The lowest BCUT2D eigenvalue weighted by molar-refractivity contribution is 0.246. The fraction of sp³-hybridized carbons (Fsp3) is 0.500. The third kappa shape index (κ3) is 2.05. The third-order valence-corrected chi connectivity index (χ3v) is 4.24. The first-order valence-electron chi connectivity index (χ1n) is 6.97. The summed E-state index contributed by atoms with van der Waals surface area (Å²) in [5.41, 5.74) is 2.69. The quantitative estimate of drug-likeness (QED) is 0.751. The van der Waals surface area contributed by atoms with E-state index < -0.39 is 0 Å². The topological polar surface area (TPSA) is 6.48 Å². The summed E-state index contributed by atoms with van der Waals surface area (Å²) in [5.74, 6) is 0. The molecule has 96 valence electrons. The zero-order valence-corrected chi connectivity index (χ0v) is 11.2. The number of fused-ring (bicyclic) bond motifs is 1. The number of anilines is 1. The minimum absolute atomic E-state index is 0.622. The summed E-state index contributed by atoms with van der Waals surface area (Å²) >= 11 is 0. The van der Waals surface area contributed by atoms with Gasteiger partial charge in [0, 0.05) is 24.8 Å². The van der Waals surface area contributed by atoms with Gasteiger partial charge in [-0.3, -0.25) is 4.90 Å². The molecule has 1 aromatic rings. The van der Waals surface area contributed by atoms with Crippen molar-refractivity contribution in [1.29, 1.82) is 0 Å². The highest BCUT2D eigenvalue weighted by Crippen LogP contribution is 2.35. The van der Waals surface area contributed by atoms with Crippen LogP contribution < -0.4 is 4.90 Å². The Bertz CT molecular complexity index is 426. The maximum absolute atomic E-state index is 4.07. The molecule has 2 heterocycles. The van der Waals surface area contributed by atoms with Crippen molar-refractivity contribution in [3.05, 3.63) is 42.5 Å². The largest absolute Gasteiger partial charge is 0.354 e. The zero-order chi connectivity index (χ0) is 12.5. The van der Waals surface area contributed by atoms with Crippen molar-refractivity contribution in [3.8, 4) is 0 Å². The molecule has 0 saturated carbocycles. The molecule has 2 unspecified atom stereocenters. The van der Waals surface area contributed by atoms with Crippen molar-refractivity contribution in [2.24, 2.45) is 0 Å². The first-order chi connectivity index (χ1) is 8.75. The predicted molar refractivity (Wildman–Crippen MR) is 76.7 cm³/mol. The fourth-order valence-electron chi connectivity index (χ4n) is 3.50. The molecule has 0 bridgehead atoms. The van der Waals surface area contributed by atoms with Crippen LogP contribution in [0.4, 0.5) is 5.69 Å². The number of benzene rings is 1. The maximum Gasteiger partial charge on any atom is 0.0824 e. The lowest BCUT2D eigenvalue weighted by Gasteiger charge is -2.28. The van der Waals surface area contributed by atoms with E-state index in [1.165, 1.54) is 43.6 Å². The highest BCUT2D eigenvalue weighted by Gasteiger charge is 2.40. The molecule has 2 nitrogen and oxygen atoms in total. The van der Waals surface area contributed by atoms with Crippen LogP contribution in [0.15, 0.2) is 42.5 Å². The van der Waals surface area contributed by atoms with Gasteiger partial charge in [-0.25, -0.2) is 0 Å². The fourth-order valence-corrected chi connectivity index (χ4v) is 3.50. The van der Waals surface area contributed by atoms with Gasteiger partial charge in [0.1, 0.15) is 0 Å². The number of hydrogen-bond donors (Lipinski definition) is 0. The first kappa shape index (κ1) is 11.8. The van der Waals surface area contributed by atoms with E-state index in [9.17, 15) is 0 Å². The van der Waals surface area contributed by atoms with Crippen molar-refractivity contribution < 1.29 is 0 Å². The Kier molecular flexibility index (Phi) is 3.13. The maximum atomic E-state index is 4.07. The Labute approximate surface area is 110 Å². The van der Waals surface area contributed by atoms with Gasteiger partial charge in [-0.15, -0.1) is 6.58 Å². The lowest BCUT2D eigenvalue weighted by Crippen LogP contribution is -2.37. The van der Waals surface area contributed by atoms with Crippen LogP contribution in [-0.2, 0) is 0 Å². The van der Waals surface area contributed by atoms with Gasteiger partial charge in [-0.05, 0) is 38.3 Å². The normalized spacial score (nSPS) is 27.5. The van der Waals surface area contributed by atoms with Crippen molar-refractivity contribution in [2.45, 2.75) is 38.4 Å². The van der Waals surface area contributed by atoms with Crippen LogP contribution in [0, 0.1) is 0 Å². The Morgan fingerprint density at radius 1 is 1.22 bits per heavy atom. The highest BCUT2D eigenvalue weighted by molar-refractivity contribution is 5.48. The van der Waals surface area contributed by atoms with Crippen LogP contribution in [0.5, 0.6) is 0 Å². The third-order valence-electron chi connectivity index (χ3n) is 4.24. The van der Waals surface area contributed by atoms with Gasteiger partial charge < -0.3 is 4.90 Å². The number of hydrogen-bond acceptors (Lipinski definition) is 2. The Balaban J connectivity index is 1.74. The van der Waals surface area contributed by atoms with Crippen LogP contribution in [0.25, 0.3) is 0 Å². The van der Waals surface area contributed by atoms with Gasteiger partial charge >= 0.3 is 0 Å². The molecule has 3 rings (SSSR count). The van der Waals surface area contributed by atoms with Crippen LogP contribution in [0.1, 0.15) is 26.2 Å². The molecule has 18 heavy (non-hydrogen) atoms. The second-order valence-corrected chi connectivity index (χ2v) is 5.64. The van der Waals surface area contributed by atoms with E-state index in [4.69, 9.17) is 0 Å². The molecule has 0 amide bonds. The Morgan fingerprint density at radius 2 is 2.00 bits per heavy atom. The van der Waals surface area contributed by atoms with Crippen molar-refractivity contribution >= 4 is 5.69 Å². The molecular formula is C16H22N2. The monoisotopic (exact) mass is 242 g/mol. The number of para-hydroxylation sites is 1. The molecule has 0 N–H and O–H groups in total. The van der Waals surface area contributed by atoms with Crippen LogP contribution >= 0.6 is 0 Å². The van der Waals surface area contributed by atoms with Crippen molar-refractivity contribution in [3.63, 3.8) is 0 Å². The molecule has 1 aromatic carbocycles. The van der Waals surface area contributed by atoms with Gasteiger partial charge in [0.2, 0.25) is 0 Å². The summed E-state index contributed by atoms with van der Waals surface area (Å²) in [6, 6.07) is 11.6.